The van der Waals surface area contributed by atoms with E-state index in [1.54, 1.807) is 6.07 Å². The number of halogens is 1. The van der Waals surface area contributed by atoms with Gasteiger partial charge in [-0.15, -0.1) is 0 Å². The van der Waals surface area contributed by atoms with Crippen LogP contribution >= 0.6 is 0 Å². The number of nitrogens with zero attached hydrogens (tertiary/aromatic N) is 4. The first-order chi connectivity index (χ1) is 10.5. The molecule has 1 aromatic carbocycles. The van der Waals surface area contributed by atoms with Crippen LogP contribution in [0.25, 0.3) is 10.9 Å². The zero-order valence-electron chi connectivity index (χ0n) is 13.0. The van der Waals surface area contributed by atoms with Gasteiger partial charge < -0.3 is 0 Å². The van der Waals surface area contributed by atoms with Crippen molar-refractivity contribution in [1.82, 2.24) is 19.7 Å². The zero-order valence-corrected chi connectivity index (χ0v) is 13.0. The Bertz CT molecular complexity index is 810. The molecule has 0 N–H and O–H groups in total. The molecule has 0 aliphatic rings. The summed E-state index contributed by atoms with van der Waals surface area (Å²) in [6.07, 6.45) is 2.03. The maximum absolute atomic E-state index is 13.8. The van der Waals surface area contributed by atoms with Gasteiger partial charge in [0.25, 0.3) is 0 Å². The second-order valence-electron chi connectivity index (χ2n) is 5.70. The molecule has 22 heavy (non-hydrogen) atoms. The highest BCUT2D eigenvalue weighted by Gasteiger charge is 2.09. The Balaban J connectivity index is 1.77. The molecule has 0 radical (unpaired) electrons. The first-order valence-electron chi connectivity index (χ1n) is 7.25. The number of rotatable bonds is 4. The van der Waals surface area contributed by atoms with Gasteiger partial charge in [-0.05, 0) is 26.1 Å². The lowest BCUT2D eigenvalue weighted by Crippen LogP contribution is -2.18. The van der Waals surface area contributed by atoms with Crippen molar-refractivity contribution in [2.45, 2.75) is 20.0 Å². The molecule has 3 rings (SSSR count). The van der Waals surface area contributed by atoms with Crippen LogP contribution in [-0.2, 0) is 20.1 Å². The Morgan fingerprint density at radius 2 is 2.00 bits per heavy atom. The number of hydrogen-bond donors (Lipinski definition) is 0. The van der Waals surface area contributed by atoms with E-state index in [9.17, 15) is 4.39 Å². The molecule has 2 heterocycles. The van der Waals surface area contributed by atoms with E-state index < -0.39 is 0 Å². The Labute approximate surface area is 129 Å². The minimum absolute atomic E-state index is 0.273. The Morgan fingerprint density at radius 1 is 1.18 bits per heavy atom. The lowest BCUT2D eigenvalue weighted by Gasteiger charge is -2.16. The van der Waals surface area contributed by atoms with Crippen LogP contribution in [0.1, 0.15) is 17.0 Å². The van der Waals surface area contributed by atoms with Gasteiger partial charge in [0.2, 0.25) is 0 Å². The number of pyridine rings is 1. The fraction of sp³-hybridized carbons (Fsp3) is 0.294. The summed E-state index contributed by atoms with van der Waals surface area (Å²) < 4.78 is 15.6. The highest BCUT2D eigenvalue weighted by atomic mass is 19.1. The van der Waals surface area contributed by atoms with Gasteiger partial charge in [0.15, 0.2) is 0 Å². The van der Waals surface area contributed by atoms with Crippen molar-refractivity contribution in [1.29, 1.82) is 0 Å². The van der Waals surface area contributed by atoms with E-state index in [0.29, 0.717) is 12.1 Å². The second kappa shape index (κ2) is 5.85. The molecule has 2 aromatic heterocycles. The Morgan fingerprint density at radius 3 is 2.73 bits per heavy atom. The maximum Gasteiger partial charge on any atom is 0.149 e. The van der Waals surface area contributed by atoms with E-state index in [1.165, 1.54) is 11.6 Å². The number of aryl methyl sites for hydroxylation is 2. The molecule has 0 aliphatic carbocycles. The summed E-state index contributed by atoms with van der Waals surface area (Å²) in [4.78, 5) is 6.60. The predicted octanol–water partition coefficient (Wildman–Crippen LogP) is 3.05. The summed E-state index contributed by atoms with van der Waals surface area (Å²) in [5.74, 6) is -0.273. The number of hydrogen-bond acceptors (Lipinski definition) is 3. The molecular weight excluding hydrogens is 279 g/mol. The van der Waals surface area contributed by atoms with Gasteiger partial charge in [-0.25, -0.2) is 9.37 Å². The Kier molecular flexibility index (Phi) is 3.90. The normalized spacial score (nSPS) is 11.5. The predicted molar refractivity (Wildman–Crippen MR) is 84.8 cm³/mol. The minimum atomic E-state index is -0.273. The van der Waals surface area contributed by atoms with Gasteiger partial charge in [0, 0.05) is 37.3 Å². The van der Waals surface area contributed by atoms with Crippen molar-refractivity contribution in [2.75, 3.05) is 7.05 Å². The van der Waals surface area contributed by atoms with Crippen LogP contribution in [0.3, 0.4) is 0 Å². The van der Waals surface area contributed by atoms with Crippen LogP contribution in [0.15, 0.2) is 36.5 Å². The van der Waals surface area contributed by atoms with E-state index in [1.807, 2.05) is 50.1 Å². The third-order valence-electron chi connectivity index (χ3n) is 3.72. The maximum atomic E-state index is 13.8. The molecule has 0 fully saturated rings. The summed E-state index contributed by atoms with van der Waals surface area (Å²) in [5, 5.41) is 5.18. The van der Waals surface area contributed by atoms with E-state index in [-0.39, 0.29) is 5.82 Å². The Hall–Kier alpha value is -2.27. The largest absolute Gasteiger partial charge is 0.296 e. The molecule has 0 bridgehead atoms. The summed E-state index contributed by atoms with van der Waals surface area (Å²) in [6.45, 7) is 3.46. The molecular formula is C17H19FN4. The van der Waals surface area contributed by atoms with Crippen molar-refractivity contribution >= 4 is 10.9 Å². The van der Waals surface area contributed by atoms with Crippen molar-refractivity contribution in [3.8, 4) is 0 Å². The quantitative estimate of drug-likeness (QED) is 0.742. The highest BCUT2D eigenvalue weighted by Crippen LogP contribution is 2.17. The van der Waals surface area contributed by atoms with E-state index >= 15 is 0 Å². The van der Waals surface area contributed by atoms with E-state index in [2.05, 4.69) is 15.0 Å². The lowest BCUT2D eigenvalue weighted by molar-refractivity contribution is 0.314. The van der Waals surface area contributed by atoms with Gasteiger partial charge in [-0.2, -0.15) is 5.10 Å². The molecule has 4 nitrogen and oxygen atoms in total. The van der Waals surface area contributed by atoms with Crippen LogP contribution in [0.5, 0.6) is 0 Å². The molecule has 0 aliphatic heterocycles. The van der Waals surface area contributed by atoms with Crippen molar-refractivity contribution in [3.63, 3.8) is 0 Å². The lowest BCUT2D eigenvalue weighted by atomic mass is 10.2. The third kappa shape index (κ3) is 2.99. The molecule has 0 amide bonds. The van der Waals surface area contributed by atoms with Gasteiger partial charge >= 0.3 is 0 Å². The van der Waals surface area contributed by atoms with Crippen molar-refractivity contribution in [3.05, 3.63) is 59.3 Å². The van der Waals surface area contributed by atoms with Gasteiger partial charge in [-0.1, -0.05) is 18.2 Å². The fourth-order valence-corrected chi connectivity index (χ4v) is 2.67. The van der Waals surface area contributed by atoms with Crippen molar-refractivity contribution in [2.24, 2.45) is 7.05 Å². The molecule has 5 heteroatoms. The molecule has 0 saturated carbocycles. The monoisotopic (exact) mass is 298 g/mol. The van der Waals surface area contributed by atoms with Crippen LogP contribution < -0.4 is 0 Å². The first-order valence-corrected chi connectivity index (χ1v) is 7.25. The third-order valence-corrected chi connectivity index (χ3v) is 3.72. The molecule has 3 aromatic rings. The number of para-hydroxylation sites is 1. The molecule has 0 atom stereocenters. The zero-order chi connectivity index (χ0) is 15.7. The van der Waals surface area contributed by atoms with Gasteiger partial charge in [0.1, 0.15) is 11.3 Å². The van der Waals surface area contributed by atoms with E-state index in [0.717, 1.165) is 23.3 Å². The first kappa shape index (κ1) is 14.7. The minimum Gasteiger partial charge on any atom is -0.296 e. The summed E-state index contributed by atoms with van der Waals surface area (Å²) >= 11 is 0. The average molecular weight is 298 g/mol. The number of benzene rings is 1. The van der Waals surface area contributed by atoms with Crippen LogP contribution in [-0.4, -0.2) is 26.7 Å². The number of fused-ring (bicyclic) bond motifs is 1. The van der Waals surface area contributed by atoms with Gasteiger partial charge in [0.05, 0.1) is 11.4 Å². The SMILES string of the molecule is Cc1nn(C)cc1CN(C)Cc1ccc2cccc(F)c2n1. The summed E-state index contributed by atoms with van der Waals surface area (Å²) in [5.41, 5.74) is 3.52. The average Bonchev–Trinajstić information content (AvgIpc) is 2.77. The second-order valence-corrected chi connectivity index (χ2v) is 5.70. The van der Waals surface area contributed by atoms with E-state index in [4.69, 9.17) is 0 Å². The standard InChI is InChI=1S/C17H19FN4/c1-12-14(10-22(3)20-12)9-21(2)11-15-8-7-13-5-4-6-16(18)17(13)19-15/h4-8,10H,9,11H2,1-3H3. The molecule has 0 saturated heterocycles. The summed E-state index contributed by atoms with van der Waals surface area (Å²) in [6, 6.07) is 8.90. The van der Waals surface area contributed by atoms with Crippen LogP contribution in [0.2, 0.25) is 0 Å². The molecule has 0 unspecified atom stereocenters. The smallest absolute Gasteiger partial charge is 0.149 e. The van der Waals surface area contributed by atoms with Gasteiger partial charge in [-0.3, -0.25) is 9.58 Å². The van der Waals surface area contributed by atoms with Crippen LogP contribution in [0, 0.1) is 12.7 Å². The summed E-state index contributed by atoms with van der Waals surface area (Å²) in [7, 11) is 3.95. The topological polar surface area (TPSA) is 34.0 Å². The highest BCUT2D eigenvalue weighted by molar-refractivity contribution is 5.79. The molecule has 0 spiro atoms. The van der Waals surface area contributed by atoms with Crippen molar-refractivity contribution < 1.29 is 4.39 Å². The van der Waals surface area contributed by atoms with Crippen LogP contribution in [0.4, 0.5) is 4.39 Å². The number of aromatic nitrogens is 3. The fourth-order valence-electron chi connectivity index (χ4n) is 2.67. The molecule has 114 valence electrons.